The minimum atomic E-state index is 0.151. The van der Waals surface area contributed by atoms with E-state index in [0.717, 1.165) is 23.2 Å². The number of aromatic hydroxyl groups is 1. The highest BCUT2D eigenvalue weighted by atomic mass is 16.3. The fraction of sp³-hybridized carbons (Fsp3) is 0.105. The van der Waals surface area contributed by atoms with Crippen molar-refractivity contribution in [1.29, 1.82) is 0 Å². The molecule has 0 fully saturated rings. The highest BCUT2D eigenvalue weighted by Gasteiger charge is 2.13. The molecular weight excluding hydrogens is 288 g/mol. The highest BCUT2D eigenvalue weighted by Crippen LogP contribution is 2.32. The van der Waals surface area contributed by atoms with Crippen molar-refractivity contribution in [1.82, 2.24) is 9.55 Å². The van der Waals surface area contributed by atoms with E-state index in [9.17, 15) is 5.11 Å². The summed E-state index contributed by atoms with van der Waals surface area (Å²) in [6.45, 7) is 2.11. The van der Waals surface area contributed by atoms with Crippen molar-refractivity contribution in [2.75, 3.05) is 0 Å². The number of hydrogen-bond acceptors (Lipinski definition) is 3. The third kappa shape index (κ3) is 2.38. The Kier molecular flexibility index (Phi) is 3.15. The Bertz CT molecular complexity index is 968. The van der Waals surface area contributed by atoms with Crippen LogP contribution >= 0.6 is 0 Å². The second kappa shape index (κ2) is 5.32. The van der Waals surface area contributed by atoms with Crippen LogP contribution in [0.25, 0.3) is 28.2 Å². The van der Waals surface area contributed by atoms with Gasteiger partial charge in [-0.2, -0.15) is 0 Å². The molecule has 2 aromatic carbocycles. The van der Waals surface area contributed by atoms with Crippen LogP contribution < -0.4 is 0 Å². The molecule has 0 saturated carbocycles. The number of rotatable bonds is 3. The van der Waals surface area contributed by atoms with E-state index in [1.807, 2.05) is 59.4 Å². The predicted molar refractivity (Wildman–Crippen MR) is 89.8 cm³/mol. The molecule has 4 nitrogen and oxygen atoms in total. The molecule has 0 atom stereocenters. The fourth-order valence-corrected chi connectivity index (χ4v) is 2.68. The summed E-state index contributed by atoms with van der Waals surface area (Å²) >= 11 is 0. The maximum atomic E-state index is 10.4. The van der Waals surface area contributed by atoms with Gasteiger partial charge in [0.2, 0.25) is 5.89 Å². The zero-order chi connectivity index (χ0) is 15.8. The number of phenols is 1. The summed E-state index contributed by atoms with van der Waals surface area (Å²) in [5.74, 6) is 0.586. The lowest BCUT2D eigenvalue weighted by Gasteiger charge is -2.06. The van der Waals surface area contributed by atoms with E-state index < -0.39 is 0 Å². The second-order valence-electron chi connectivity index (χ2n) is 5.47. The third-order valence-corrected chi connectivity index (χ3v) is 3.97. The number of nitrogens with zero attached hydrogens (tertiary/aromatic N) is 2. The maximum Gasteiger partial charge on any atom is 0.231 e. The summed E-state index contributed by atoms with van der Waals surface area (Å²) in [4.78, 5) is 4.51. The van der Waals surface area contributed by atoms with E-state index in [4.69, 9.17) is 4.42 Å². The van der Waals surface area contributed by atoms with Gasteiger partial charge in [-0.15, -0.1) is 0 Å². The lowest BCUT2D eigenvalue weighted by atomic mass is 10.1. The summed E-state index contributed by atoms with van der Waals surface area (Å²) in [6, 6.07) is 15.3. The number of aromatic nitrogens is 2. The average Bonchev–Trinajstić information content (AvgIpc) is 3.23. The van der Waals surface area contributed by atoms with Gasteiger partial charge in [-0.3, -0.25) is 0 Å². The molecule has 0 aliphatic heterocycles. The van der Waals surface area contributed by atoms with E-state index in [2.05, 4.69) is 11.9 Å². The van der Waals surface area contributed by atoms with E-state index in [1.165, 1.54) is 5.56 Å². The van der Waals surface area contributed by atoms with Gasteiger partial charge in [-0.1, -0.05) is 13.0 Å². The lowest BCUT2D eigenvalue weighted by molar-refractivity contribution is 0.474. The minimum Gasteiger partial charge on any atom is -0.507 e. The van der Waals surface area contributed by atoms with Gasteiger partial charge in [0.1, 0.15) is 11.3 Å². The van der Waals surface area contributed by atoms with Crippen LogP contribution in [0.2, 0.25) is 0 Å². The molecule has 0 amide bonds. The second-order valence-corrected chi connectivity index (χ2v) is 5.47. The Balaban J connectivity index is 1.78. The molecule has 23 heavy (non-hydrogen) atoms. The van der Waals surface area contributed by atoms with Crippen molar-refractivity contribution in [2.45, 2.75) is 13.3 Å². The Morgan fingerprint density at radius 2 is 1.91 bits per heavy atom. The maximum absolute atomic E-state index is 10.4. The Hall–Kier alpha value is -3.01. The molecule has 114 valence electrons. The van der Waals surface area contributed by atoms with Gasteiger partial charge < -0.3 is 14.1 Å². The van der Waals surface area contributed by atoms with Crippen LogP contribution in [0.15, 0.2) is 65.3 Å². The highest BCUT2D eigenvalue weighted by molar-refractivity contribution is 5.78. The standard InChI is InChI=1S/C19H16N2O2/c1-2-13-5-8-18-16(11-13)20-19(23-18)15-7-6-14(12-17(15)22)21-9-3-4-10-21/h3-12,22H,2H2,1H3. The van der Waals surface area contributed by atoms with Gasteiger partial charge >= 0.3 is 0 Å². The summed E-state index contributed by atoms with van der Waals surface area (Å²) in [5, 5.41) is 10.4. The summed E-state index contributed by atoms with van der Waals surface area (Å²) < 4.78 is 7.72. The molecule has 4 heteroatoms. The number of phenolic OH excluding ortho intramolecular Hbond substituents is 1. The summed E-state index contributed by atoms with van der Waals surface area (Å²) in [7, 11) is 0. The van der Waals surface area contributed by atoms with Crippen LogP contribution in [0.1, 0.15) is 12.5 Å². The molecule has 4 aromatic rings. The molecule has 0 radical (unpaired) electrons. The van der Waals surface area contributed by atoms with Crippen LogP contribution in [0.5, 0.6) is 5.75 Å². The van der Waals surface area contributed by atoms with Gasteiger partial charge in [0.05, 0.1) is 5.56 Å². The number of oxazole rings is 1. The fourth-order valence-electron chi connectivity index (χ4n) is 2.68. The van der Waals surface area contributed by atoms with Crippen molar-refractivity contribution in [3.8, 4) is 22.9 Å². The smallest absolute Gasteiger partial charge is 0.231 e. The third-order valence-electron chi connectivity index (χ3n) is 3.97. The van der Waals surface area contributed by atoms with Crippen LogP contribution in [0, 0.1) is 0 Å². The van der Waals surface area contributed by atoms with Crippen molar-refractivity contribution in [3.63, 3.8) is 0 Å². The SMILES string of the molecule is CCc1ccc2oc(-c3ccc(-n4cccc4)cc3O)nc2c1. The molecule has 0 saturated heterocycles. The Morgan fingerprint density at radius 1 is 1.09 bits per heavy atom. The van der Waals surface area contributed by atoms with Crippen LogP contribution in [0.4, 0.5) is 0 Å². The van der Waals surface area contributed by atoms with E-state index in [1.54, 1.807) is 6.07 Å². The largest absolute Gasteiger partial charge is 0.507 e. The first-order valence-electron chi connectivity index (χ1n) is 7.61. The van der Waals surface area contributed by atoms with Gasteiger partial charge in [-0.25, -0.2) is 4.98 Å². The molecule has 2 aromatic heterocycles. The minimum absolute atomic E-state index is 0.151. The van der Waals surface area contributed by atoms with Crippen molar-refractivity contribution < 1.29 is 9.52 Å². The van der Waals surface area contributed by atoms with Gasteiger partial charge in [0.15, 0.2) is 5.58 Å². The quantitative estimate of drug-likeness (QED) is 0.604. The Labute approximate surface area is 133 Å². The van der Waals surface area contributed by atoms with Crippen LogP contribution in [-0.2, 0) is 6.42 Å². The van der Waals surface area contributed by atoms with Gasteiger partial charge in [0.25, 0.3) is 0 Å². The average molecular weight is 304 g/mol. The number of benzene rings is 2. The molecule has 1 N–H and O–H groups in total. The summed E-state index contributed by atoms with van der Waals surface area (Å²) in [6.07, 6.45) is 4.81. The zero-order valence-corrected chi connectivity index (χ0v) is 12.7. The molecule has 0 aliphatic rings. The first kappa shape index (κ1) is 13.6. The summed E-state index contributed by atoms with van der Waals surface area (Å²) in [5.41, 5.74) is 4.24. The number of fused-ring (bicyclic) bond motifs is 1. The monoisotopic (exact) mass is 304 g/mol. The van der Waals surface area contributed by atoms with Crippen LogP contribution in [-0.4, -0.2) is 14.7 Å². The number of aryl methyl sites for hydroxylation is 1. The first-order chi connectivity index (χ1) is 11.2. The lowest BCUT2D eigenvalue weighted by Crippen LogP contribution is -1.90. The normalized spacial score (nSPS) is 11.2. The van der Waals surface area contributed by atoms with Crippen molar-refractivity contribution in [2.24, 2.45) is 0 Å². The molecular formula is C19H16N2O2. The first-order valence-corrected chi connectivity index (χ1v) is 7.61. The topological polar surface area (TPSA) is 51.2 Å². The molecule has 0 spiro atoms. The van der Waals surface area contributed by atoms with E-state index in [-0.39, 0.29) is 5.75 Å². The van der Waals surface area contributed by atoms with Gasteiger partial charge in [-0.05, 0) is 48.4 Å². The molecule has 0 aliphatic carbocycles. The Morgan fingerprint density at radius 3 is 2.65 bits per heavy atom. The van der Waals surface area contributed by atoms with Crippen LogP contribution in [0.3, 0.4) is 0 Å². The van der Waals surface area contributed by atoms with Crippen molar-refractivity contribution >= 4 is 11.1 Å². The predicted octanol–water partition coefficient (Wildman–Crippen LogP) is 4.55. The molecule has 4 rings (SSSR count). The number of hydrogen-bond donors (Lipinski definition) is 1. The molecule has 0 bridgehead atoms. The van der Waals surface area contributed by atoms with Gasteiger partial charge in [0, 0.05) is 24.1 Å². The zero-order valence-electron chi connectivity index (χ0n) is 12.7. The molecule has 2 heterocycles. The van der Waals surface area contributed by atoms with E-state index in [0.29, 0.717) is 11.5 Å². The van der Waals surface area contributed by atoms with E-state index >= 15 is 0 Å². The van der Waals surface area contributed by atoms with Crippen molar-refractivity contribution in [3.05, 3.63) is 66.5 Å². The molecule has 0 unspecified atom stereocenters.